The zero-order chi connectivity index (χ0) is 12.9. The first-order chi connectivity index (χ1) is 9.43. The fraction of sp³-hybridized carbons (Fsp3) is 0.400. The molecular formula is C15H19N3O. The highest BCUT2D eigenvalue weighted by atomic mass is 16.5. The molecule has 4 nitrogen and oxygen atoms in total. The lowest BCUT2D eigenvalue weighted by Gasteiger charge is -2.13. The SMILES string of the molecule is c1ccc(OCCn2cncc2C2CCNC2)cc1. The molecule has 4 heteroatoms. The van der Waals surface area contributed by atoms with Crippen molar-refractivity contribution in [1.82, 2.24) is 14.9 Å². The van der Waals surface area contributed by atoms with Gasteiger partial charge in [0, 0.05) is 24.4 Å². The summed E-state index contributed by atoms with van der Waals surface area (Å²) in [5.41, 5.74) is 1.32. The highest BCUT2D eigenvalue weighted by molar-refractivity contribution is 5.20. The quantitative estimate of drug-likeness (QED) is 0.891. The number of rotatable bonds is 5. The summed E-state index contributed by atoms with van der Waals surface area (Å²) in [6, 6.07) is 9.93. The van der Waals surface area contributed by atoms with Gasteiger partial charge in [-0.1, -0.05) is 18.2 Å². The minimum atomic E-state index is 0.597. The second-order valence-corrected chi connectivity index (χ2v) is 4.86. The summed E-state index contributed by atoms with van der Waals surface area (Å²) in [5, 5.41) is 3.40. The summed E-state index contributed by atoms with van der Waals surface area (Å²) in [6.45, 7) is 3.69. The molecule has 19 heavy (non-hydrogen) atoms. The van der Waals surface area contributed by atoms with Crippen LogP contribution in [-0.2, 0) is 6.54 Å². The van der Waals surface area contributed by atoms with Gasteiger partial charge in [0.25, 0.3) is 0 Å². The van der Waals surface area contributed by atoms with Crippen LogP contribution in [0, 0.1) is 0 Å². The zero-order valence-corrected chi connectivity index (χ0v) is 11.0. The maximum absolute atomic E-state index is 5.73. The first-order valence-electron chi connectivity index (χ1n) is 6.82. The number of benzene rings is 1. The molecule has 1 unspecified atom stereocenters. The van der Waals surface area contributed by atoms with Crippen LogP contribution in [0.1, 0.15) is 18.0 Å². The molecule has 1 N–H and O–H groups in total. The largest absolute Gasteiger partial charge is 0.492 e. The van der Waals surface area contributed by atoms with Crippen LogP contribution in [0.5, 0.6) is 5.75 Å². The van der Waals surface area contributed by atoms with E-state index in [9.17, 15) is 0 Å². The van der Waals surface area contributed by atoms with Crippen LogP contribution in [0.25, 0.3) is 0 Å². The number of nitrogens with one attached hydrogen (secondary N) is 1. The number of aromatic nitrogens is 2. The average Bonchev–Trinajstić information content (AvgIpc) is 3.10. The van der Waals surface area contributed by atoms with Gasteiger partial charge in [-0.2, -0.15) is 0 Å². The maximum Gasteiger partial charge on any atom is 0.119 e. The third-order valence-electron chi connectivity index (χ3n) is 3.57. The minimum Gasteiger partial charge on any atom is -0.492 e. The molecular weight excluding hydrogens is 238 g/mol. The van der Waals surface area contributed by atoms with Gasteiger partial charge < -0.3 is 14.6 Å². The average molecular weight is 257 g/mol. The van der Waals surface area contributed by atoms with E-state index < -0.39 is 0 Å². The molecule has 1 atom stereocenters. The molecule has 0 spiro atoms. The molecule has 2 aromatic rings. The number of imidazole rings is 1. The summed E-state index contributed by atoms with van der Waals surface area (Å²) < 4.78 is 7.94. The van der Waals surface area contributed by atoms with Gasteiger partial charge in [0.15, 0.2) is 0 Å². The van der Waals surface area contributed by atoms with Crippen molar-refractivity contribution in [3.05, 3.63) is 48.5 Å². The van der Waals surface area contributed by atoms with E-state index in [0.717, 1.165) is 25.4 Å². The second kappa shape index (κ2) is 5.89. The van der Waals surface area contributed by atoms with Gasteiger partial charge in [0.2, 0.25) is 0 Å². The normalized spacial score (nSPS) is 18.6. The molecule has 3 rings (SSSR count). The van der Waals surface area contributed by atoms with Gasteiger partial charge >= 0.3 is 0 Å². The molecule has 1 aliphatic heterocycles. The van der Waals surface area contributed by atoms with E-state index >= 15 is 0 Å². The highest BCUT2D eigenvalue weighted by Crippen LogP contribution is 2.21. The fourth-order valence-corrected chi connectivity index (χ4v) is 2.54. The van der Waals surface area contributed by atoms with Crippen LogP contribution in [-0.4, -0.2) is 29.2 Å². The van der Waals surface area contributed by atoms with Crippen LogP contribution in [0.15, 0.2) is 42.9 Å². The Bertz CT molecular complexity index is 503. The van der Waals surface area contributed by atoms with Crippen molar-refractivity contribution >= 4 is 0 Å². The fourth-order valence-electron chi connectivity index (χ4n) is 2.54. The third kappa shape index (κ3) is 2.96. The molecule has 100 valence electrons. The Morgan fingerprint density at radius 3 is 3.00 bits per heavy atom. The lowest BCUT2D eigenvalue weighted by Crippen LogP contribution is -2.14. The van der Waals surface area contributed by atoms with Gasteiger partial charge in [-0.25, -0.2) is 4.98 Å². The van der Waals surface area contributed by atoms with E-state index in [2.05, 4.69) is 14.9 Å². The van der Waals surface area contributed by atoms with Crippen molar-refractivity contribution in [3.63, 3.8) is 0 Å². The number of nitrogens with zero attached hydrogens (tertiary/aromatic N) is 2. The van der Waals surface area contributed by atoms with Crippen molar-refractivity contribution in [1.29, 1.82) is 0 Å². The van der Waals surface area contributed by atoms with Crippen molar-refractivity contribution in [2.45, 2.75) is 18.9 Å². The van der Waals surface area contributed by atoms with Crippen molar-refractivity contribution < 1.29 is 4.74 Å². The molecule has 1 aromatic heterocycles. The maximum atomic E-state index is 5.73. The predicted molar refractivity (Wildman–Crippen MR) is 74.4 cm³/mol. The molecule has 0 radical (unpaired) electrons. The summed E-state index contributed by atoms with van der Waals surface area (Å²) >= 11 is 0. The molecule has 0 amide bonds. The van der Waals surface area contributed by atoms with E-state index in [4.69, 9.17) is 4.74 Å². The number of para-hydroxylation sites is 1. The van der Waals surface area contributed by atoms with E-state index in [1.54, 1.807) is 0 Å². The summed E-state index contributed by atoms with van der Waals surface area (Å²) in [7, 11) is 0. The Hall–Kier alpha value is -1.81. The molecule has 2 heterocycles. The van der Waals surface area contributed by atoms with Gasteiger partial charge in [0.1, 0.15) is 12.4 Å². The molecule has 1 saturated heterocycles. The third-order valence-corrected chi connectivity index (χ3v) is 3.57. The Kier molecular flexibility index (Phi) is 3.79. The lowest BCUT2D eigenvalue weighted by atomic mass is 10.1. The van der Waals surface area contributed by atoms with E-state index in [1.807, 2.05) is 42.9 Å². The summed E-state index contributed by atoms with van der Waals surface area (Å²) in [5.74, 6) is 1.52. The van der Waals surface area contributed by atoms with Gasteiger partial charge in [0.05, 0.1) is 12.9 Å². The first-order valence-corrected chi connectivity index (χ1v) is 6.82. The molecule has 0 bridgehead atoms. The summed E-state index contributed by atoms with van der Waals surface area (Å²) in [6.07, 6.45) is 5.09. The first kappa shape index (κ1) is 12.2. The van der Waals surface area contributed by atoms with Gasteiger partial charge in [-0.3, -0.25) is 0 Å². The Balaban J connectivity index is 1.57. The smallest absolute Gasteiger partial charge is 0.119 e. The van der Waals surface area contributed by atoms with E-state index in [0.29, 0.717) is 12.5 Å². The predicted octanol–water partition coefficient (Wildman–Crippen LogP) is 2.04. The molecule has 0 saturated carbocycles. The highest BCUT2D eigenvalue weighted by Gasteiger charge is 2.19. The molecule has 1 aliphatic rings. The van der Waals surface area contributed by atoms with E-state index in [-0.39, 0.29) is 0 Å². The standard InChI is InChI=1S/C15H19N3O/c1-2-4-14(5-3-1)19-9-8-18-12-17-11-15(18)13-6-7-16-10-13/h1-5,11-13,16H,6-10H2. The zero-order valence-electron chi connectivity index (χ0n) is 11.0. The Morgan fingerprint density at radius 1 is 1.32 bits per heavy atom. The summed E-state index contributed by atoms with van der Waals surface area (Å²) in [4.78, 5) is 4.27. The van der Waals surface area contributed by atoms with Crippen LogP contribution >= 0.6 is 0 Å². The van der Waals surface area contributed by atoms with Gasteiger partial charge in [-0.15, -0.1) is 0 Å². The number of hydrogen-bond acceptors (Lipinski definition) is 3. The Morgan fingerprint density at radius 2 is 2.21 bits per heavy atom. The monoisotopic (exact) mass is 257 g/mol. The Labute approximate surface area is 113 Å². The van der Waals surface area contributed by atoms with Crippen molar-refractivity contribution in [2.24, 2.45) is 0 Å². The molecule has 0 aliphatic carbocycles. The number of ether oxygens (including phenoxy) is 1. The molecule has 1 aromatic carbocycles. The number of hydrogen-bond donors (Lipinski definition) is 1. The van der Waals surface area contributed by atoms with Crippen molar-refractivity contribution in [2.75, 3.05) is 19.7 Å². The van der Waals surface area contributed by atoms with E-state index in [1.165, 1.54) is 12.1 Å². The van der Waals surface area contributed by atoms with Crippen molar-refractivity contribution in [3.8, 4) is 5.75 Å². The van der Waals surface area contributed by atoms with Crippen LogP contribution in [0.4, 0.5) is 0 Å². The molecule has 1 fully saturated rings. The van der Waals surface area contributed by atoms with Gasteiger partial charge in [-0.05, 0) is 25.1 Å². The minimum absolute atomic E-state index is 0.597. The van der Waals surface area contributed by atoms with Crippen LogP contribution in [0.3, 0.4) is 0 Å². The van der Waals surface area contributed by atoms with Crippen LogP contribution in [0.2, 0.25) is 0 Å². The lowest BCUT2D eigenvalue weighted by molar-refractivity contribution is 0.295. The topological polar surface area (TPSA) is 39.1 Å². The second-order valence-electron chi connectivity index (χ2n) is 4.86. The van der Waals surface area contributed by atoms with Crippen LogP contribution < -0.4 is 10.1 Å².